The highest BCUT2D eigenvalue weighted by Gasteiger charge is 2.11. The molecule has 1 rings (SSSR count). The van der Waals surface area contributed by atoms with E-state index in [9.17, 15) is 8.78 Å². The van der Waals surface area contributed by atoms with Crippen LogP contribution in [0.5, 0.6) is 0 Å². The van der Waals surface area contributed by atoms with Crippen molar-refractivity contribution in [2.75, 3.05) is 18.5 Å². The Morgan fingerprint density at radius 3 is 2.60 bits per heavy atom. The fourth-order valence-corrected chi connectivity index (χ4v) is 1.26. The molecular formula is C9H10ClF2NO2. The molecule has 84 valence electrons. The molecule has 3 nitrogen and oxygen atoms in total. The number of hydrogen-bond acceptors (Lipinski definition) is 3. The number of halogens is 3. The molecule has 0 spiro atoms. The van der Waals surface area contributed by atoms with Crippen LogP contribution in [0, 0.1) is 11.6 Å². The Morgan fingerprint density at radius 1 is 1.40 bits per heavy atom. The van der Waals surface area contributed by atoms with E-state index in [2.05, 4.69) is 5.32 Å². The molecule has 0 saturated heterocycles. The second kappa shape index (κ2) is 5.25. The number of nitrogens with one attached hydrogen (secondary N) is 1. The number of aliphatic hydroxyl groups is 2. The van der Waals surface area contributed by atoms with Gasteiger partial charge in [-0.15, -0.1) is 0 Å². The maximum atomic E-state index is 13.1. The third kappa shape index (κ3) is 3.30. The topological polar surface area (TPSA) is 52.5 Å². The number of rotatable bonds is 4. The number of benzene rings is 1. The fourth-order valence-electron chi connectivity index (χ4n) is 0.996. The summed E-state index contributed by atoms with van der Waals surface area (Å²) in [6.45, 7) is -0.522. The van der Waals surface area contributed by atoms with Crippen LogP contribution in [0.2, 0.25) is 5.02 Å². The van der Waals surface area contributed by atoms with Crippen LogP contribution in [-0.2, 0) is 0 Å². The van der Waals surface area contributed by atoms with Crippen LogP contribution in [0.4, 0.5) is 14.5 Å². The van der Waals surface area contributed by atoms with Crippen LogP contribution in [0.25, 0.3) is 0 Å². The molecular weight excluding hydrogens is 228 g/mol. The lowest BCUT2D eigenvalue weighted by atomic mass is 10.2. The highest BCUT2D eigenvalue weighted by molar-refractivity contribution is 6.33. The van der Waals surface area contributed by atoms with Crippen molar-refractivity contribution >= 4 is 17.3 Å². The van der Waals surface area contributed by atoms with Crippen molar-refractivity contribution in [3.63, 3.8) is 0 Å². The van der Waals surface area contributed by atoms with Gasteiger partial charge in [0.1, 0.15) is 5.82 Å². The van der Waals surface area contributed by atoms with E-state index >= 15 is 0 Å². The molecule has 1 aromatic carbocycles. The Kier molecular flexibility index (Phi) is 4.26. The van der Waals surface area contributed by atoms with Crippen LogP contribution in [0.3, 0.4) is 0 Å². The highest BCUT2D eigenvalue weighted by Crippen LogP contribution is 2.26. The lowest BCUT2D eigenvalue weighted by molar-refractivity contribution is 0.105. The van der Waals surface area contributed by atoms with Crippen LogP contribution in [0.1, 0.15) is 0 Å². The zero-order valence-corrected chi connectivity index (χ0v) is 8.43. The average molecular weight is 238 g/mol. The maximum Gasteiger partial charge on any atom is 0.150 e. The molecule has 0 fully saturated rings. The van der Waals surface area contributed by atoms with Gasteiger partial charge in [-0.1, -0.05) is 11.6 Å². The minimum atomic E-state index is -1.02. The van der Waals surface area contributed by atoms with Gasteiger partial charge in [0.05, 0.1) is 23.4 Å². The van der Waals surface area contributed by atoms with E-state index in [-0.39, 0.29) is 17.3 Å². The van der Waals surface area contributed by atoms with Gasteiger partial charge < -0.3 is 15.5 Å². The minimum Gasteiger partial charge on any atom is -0.394 e. The molecule has 0 aliphatic carbocycles. The lowest BCUT2D eigenvalue weighted by Crippen LogP contribution is -2.23. The molecule has 1 aromatic rings. The molecule has 0 saturated carbocycles. The summed E-state index contributed by atoms with van der Waals surface area (Å²) >= 11 is 5.57. The predicted octanol–water partition coefficient (Wildman–Crippen LogP) is 1.38. The maximum absolute atomic E-state index is 13.1. The summed E-state index contributed by atoms with van der Waals surface area (Å²) in [5, 5.41) is 19.9. The largest absolute Gasteiger partial charge is 0.394 e. The SMILES string of the molecule is OCC(O)CNc1c(F)cc(F)cc1Cl. The normalized spacial score (nSPS) is 12.6. The van der Waals surface area contributed by atoms with Gasteiger partial charge in [0.25, 0.3) is 0 Å². The van der Waals surface area contributed by atoms with Gasteiger partial charge in [0.2, 0.25) is 0 Å². The molecule has 0 bridgehead atoms. The van der Waals surface area contributed by atoms with Crippen molar-refractivity contribution < 1.29 is 19.0 Å². The number of anilines is 1. The predicted molar refractivity (Wildman–Crippen MR) is 53.0 cm³/mol. The Hall–Kier alpha value is -0.910. The molecule has 0 radical (unpaired) electrons. The van der Waals surface area contributed by atoms with Gasteiger partial charge in [0, 0.05) is 12.6 Å². The summed E-state index contributed by atoms with van der Waals surface area (Å²) < 4.78 is 25.8. The first-order valence-electron chi connectivity index (χ1n) is 4.22. The molecule has 15 heavy (non-hydrogen) atoms. The Labute approximate surface area is 90.3 Å². The molecule has 0 heterocycles. The first-order chi connectivity index (χ1) is 7.04. The molecule has 0 aliphatic rings. The van der Waals surface area contributed by atoms with Crippen LogP contribution >= 0.6 is 11.6 Å². The third-order valence-corrected chi connectivity index (χ3v) is 2.03. The van der Waals surface area contributed by atoms with E-state index in [1.807, 2.05) is 0 Å². The first kappa shape index (κ1) is 12.2. The van der Waals surface area contributed by atoms with Crippen molar-refractivity contribution in [1.82, 2.24) is 0 Å². The first-order valence-corrected chi connectivity index (χ1v) is 4.59. The van der Waals surface area contributed by atoms with Crippen molar-refractivity contribution in [1.29, 1.82) is 0 Å². The number of hydrogen-bond donors (Lipinski definition) is 3. The van der Waals surface area contributed by atoms with E-state index in [1.165, 1.54) is 0 Å². The van der Waals surface area contributed by atoms with E-state index in [1.54, 1.807) is 0 Å². The molecule has 0 aliphatic heterocycles. The molecule has 1 atom stereocenters. The van der Waals surface area contributed by atoms with Gasteiger partial charge in [-0.05, 0) is 6.07 Å². The van der Waals surface area contributed by atoms with Crippen molar-refractivity contribution in [2.45, 2.75) is 6.10 Å². The minimum absolute atomic E-state index is 0.0707. The third-order valence-electron chi connectivity index (χ3n) is 1.73. The molecule has 0 aromatic heterocycles. The summed E-state index contributed by atoms with van der Waals surface area (Å²) in [4.78, 5) is 0. The summed E-state index contributed by atoms with van der Waals surface area (Å²) in [6.07, 6.45) is -1.02. The van der Waals surface area contributed by atoms with Crippen LogP contribution < -0.4 is 5.32 Å². The second-order valence-electron chi connectivity index (χ2n) is 2.96. The molecule has 6 heteroatoms. The van der Waals surface area contributed by atoms with Crippen LogP contribution in [-0.4, -0.2) is 29.5 Å². The Bertz CT molecular complexity index is 326. The molecule has 3 N–H and O–H groups in total. The summed E-state index contributed by atoms with van der Waals surface area (Å²) in [6, 6.07) is 1.64. The smallest absolute Gasteiger partial charge is 0.150 e. The van der Waals surface area contributed by atoms with E-state index in [0.717, 1.165) is 6.07 Å². The second-order valence-corrected chi connectivity index (χ2v) is 3.37. The van der Waals surface area contributed by atoms with Gasteiger partial charge in [-0.3, -0.25) is 0 Å². The highest BCUT2D eigenvalue weighted by atomic mass is 35.5. The van der Waals surface area contributed by atoms with Gasteiger partial charge in [-0.2, -0.15) is 0 Å². The Morgan fingerprint density at radius 2 is 2.07 bits per heavy atom. The van der Waals surface area contributed by atoms with E-state index < -0.39 is 24.3 Å². The fraction of sp³-hybridized carbons (Fsp3) is 0.333. The van der Waals surface area contributed by atoms with Crippen molar-refractivity contribution in [3.05, 3.63) is 28.8 Å². The Balaban J connectivity index is 2.77. The summed E-state index contributed by atoms with van der Waals surface area (Å²) in [5.74, 6) is -1.61. The van der Waals surface area contributed by atoms with Crippen molar-refractivity contribution in [3.8, 4) is 0 Å². The van der Waals surface area contributed by atoms with Crippen molar-refractivity contribution in [2.24, 2.45) is 0 Å². The van der Waals surface area contributed by atoms with Gasteiger partial charge in [0.15, 0.2) is 5.82 Å². The standard InChI is InChI=1S/C9H10ClF2NO2/c10-7-1-5(11)2-8(12)9(7)13-3-6(15)4-14/h1-2,6,13-15H,3-4H2. The van der Waals surface area contributed by atoms with Gasteiger partial charge >= 0.3 is 0 Å². The average Bonchev–Trinajstić information content (AvgIpc) is 2.15. The monoisotopic (exact) mass is 237 g/mol. The quantitative estimate of drug-likeness (QED) is 0.742. The molecule has 0 amide bonds. The molecule has 1 unspecified atom stereocenters. The lowest BCUT2D eigenvalue weighted by Gasteiger charge is -2.12. The van der Waals surface area contributed by atoms with E-state index in [0.29, 0.717) is 6.07 Å². The van der Waals surface area contributed by atoms with Gasteiger partial charge in [-0.25, -0.2) is 8.78 Å². The summed E-state index contributed by atoms with van der Waals surface area (Å²) in [7, 11) is 0. The zero-order valence-electron chi connectivity index (χ0n) is 7.67. The van der Waals surface area contributed by atoms with E-state index in [4.69, 9.17) is 21.8 Å². The summed E-state index contributed by atoms with van der Waals surface area (Å²) in [5.41, 5.74) is -0.0921. The zero-order chi connectivity index (χ0) is 11.4. The van der Waals surface area contributed by atoms with Crippen LogP contribution in [0.15, 0.2) is 12.1 Å². The number of aliphatic hydroxyl groups excluding tert-OH is 2.